The average Bonchev–Trinajstić information content (AvgIpc) is 0.750. The van der Waals surface area contributed by atoms with Crippen molar-refractivity contribution in [3.05, 3.63) is 263 Å². The van der Waals surface area contributed by atoms with E-state index >= 15 is 0 Å². The molecule has 0 saturated heterocycles. The van der Waals surface area contributed by atoms with Crippen molar-refractivity contribution < 1.29 is 57.9 Å². The molecule has 3 heterocycles. The van der Waals surface area contributed by atoms with Crippen molar-refractivity contribution in [3.63, 3.8) is 0 Å². The van der Waals surface area contributed by atoms with Crippen LogP contribution in [0.3, 0.4) is 0 Å². The van der Waals surface area contributed by atoms with Crippen molar-refractivity contribution >= 4 is 69.1 Å². The predicted octanol–water partition coefficient (Wildman–Crippen LogP) is 11.1. The highest BCUT2D eigenvalue weighted by molar-refractivity contribution is 6.12. The zero-order chi connectivity index (χ0) is 68.8. The number of benzene rings is 8. The fraction of sp³-hybridized carbons (Fsp3) is 0.222. The highest BCUT2D eigenvalue weighted by Crippen LogP contribution is 2.63. The van der Waals surface area contributed by atoms with Crippen molar-refractivity contribution in [3.8, 4) is 35.6 Å². The molecule has 0 aliphatic heterocycles. The molecule has 9 aliphatic rings. The molecular weight excluding hydrogens is 1260 g/mol. The van der Waals surface area contributed by atoms with Crippen molar-refractivity contribution in [1.82, 2.24) is 34.5 Å². The van der Waals surface area contributed by atoms with Crippen LogP contribution in [0.25, 0.3) is 44.2 Å². The number of ether oxygens (including phenoxy) is 4. The normalized spacial score (nSPS) is 21.1. The van der Waals surface area contributed by atoms with Crippen LogP contribution in [-0.4, -0.2) is 109 Å². The van der Waals surface area contributed by atoms with Gasteiger partial charge in [-0.3, -0.25) is 28.8 Å². The first kappa shape index (κ1) is 61.3. The third-order valence-electron chi connectivity index (χ3n) is 21.6. The molecule has 10 unspecified atom stereocenters. The van der Waals surface area contributed by atoms with E-state index in [-0.39, 0.29) is 30.9 Å². The fourth-order valence-electron chi connectivity index (χ4n) is 17.9. The summed E-state index contributed by atoms with van der Waals surface area (Å²) in [6.07, 6.45) is 0. The maximum absolute atomic E-state index is 14.6. The quantitative estimate of drug-likeness (QED) is 0.0288. The van der Waals surface area contributed by atoms with Crippen molar-refractivity contribution in [2.45, 2.75) is 63.2 Å². The van der Waals surface area contributed by atoms with Gasteiger partial charge in [0.15, 0.2) is 0 Å². The molecule has 9 aliphatic carbocycles. The van der Waals surface area contributed by atoms with Crippen molar-refractivity contribution in [1.29, 1.82) is 0 Å². The van der Waals surface area contributed by atoms with Gasteiger partial charge in [0.05, 0.1) is 49.3 Å². The lowest BCUT2D eigenvalue weighted by Gasteiger charge is -2.48. The summed E-state index contributed by atoms with van der Waals surface area (Å²) < 4.78 is 25.8. The first-order chi connectivity index (χ1) is 48.6. The molecule has 0 fully saturated rings. The maximum Gasteiger partial charge on any atom is 0.310 e. The van der Waals surface area contributed by atoms with Crippen LogP contribution in [-0.2, 0) is 47.7 Å². The number of aliphatic carboxylic acids is 2. The summed E-state index contributed by atoms with van der Waals surface area (Å²) in [5.41, 5.74) is 16.3. The number of carbonyl (C=O) groups is 6. The Morgan fingerprint density at radius 1 is 0.440 bits per heavy atom. The summed E-state index contributed by atoms with van der Waals surface area (Å²) >= 11 is 0. The van der Waals surface area contributed by atoms with E-state index in [0.717, 1.165) is 111 Å². The number of esters is 2. The van der Waals surface area contributed by atoms with Crippen molar-refractivity contribution in [2.24, 2.45) is 23.7 Å². The average molecular weight is 1320 g/mol. The lowest BCUT2D eigenvalue weighted by atomic mass is 9.54. The number of fused-ring (bicyclic) bond motifs is 5. The largest absolute Gasteiger partial charge is 0.481 e. The number of nitrogens with zero attached hydrogens (tertiary/aromatic N) is 7. The van der Waals surface area contributed by atoms with Crippen LogP contribution >= 0.6 is 0 Å². The van der Waals surface area contributed by atoms with Gasteiger partial charge in [0.2, 0.25) is 5.82 Å². The number of aryl methyl sites for hydroxylation is 4. The molecule has 0 spiro atoms. The minimum Gasteiger partial charge on any atom is -0.481 e. The summed E-state index contributed by atoms with van der Waals surface area (Å²) in [6, 6.07) is 45.5. The van der Waals surface area contributed by atoms with Gasteiger partial charge in [-0.2, -0.15) is 25.1 Å². The van der Waals surface area contributed by atoms with E-state index in [2.05, 4.69) is 60.1 Å². The van der Waals surface area contributed by atoms with Crippen LogP contribution in [0.4, 0.5) is 0 Å². The van der Waals surface area contributed by atoms with E-state index in [4.69, 9.17) is 44.1 Å². The first-order valence-electron chi connectivity index (χ1n) is 32.8. The molecule has 3 aromatic heterocycles. The van der Waals surface area contributed by atoms with Crippen LogP contribution in [0.5, 0.6) is 0 Å². The van der Waals surface area contributed by atoms with Gasteiger partial charge < -0.3 is 29.2 Å². The van der Waals surface area contributed by atoms with Crippen molar-refractivity contribution in [2.75, 3.05) is 27.4 Å². The molecule has 19 heteroatoms. The highest BCUT2D eigenvalue weighted by atomic mass is 16.5. The number of hydrogen-bond acceptors (Lipinski definition) is 15. The van der Waals surface area contributed by atoms with E-state index in [9.17, 15) is 39.0 Å². The number of carboxylic acid groups (broad SMARTS) is 2. The fourth-order valence-corrected chi connectivity index (χ4v) is 17.9. The minimum atomic E-state index is -1.25. The standard InChI is InChI=1S/C81H59N7O12/c1-38-26-40(3)87(85-38)80-82-65(83-81(84-80)88-41(4)27-39(2)86-88)25-24-45-54-31-59-58(66-46-16-7-8-17-47(46)67(59)64(35-100-37-90)63(66)34-99-36-89)30-53(54)44(55-32-61-62(33-56(45)55)71-51-21-12-11-20-50(51)70(61)74(78(95)97-5)75(71)79(96)98-6)23-22-42-14-13-15-43-28-57-60(29-52(42)43)69-49-19-10-9-18-48(49)68(57)72(76(91)92)73(69)77(93)94/h7-21,26-33,36-37,66-75H,34-35H2,1-6H3,(H,91,92)(H,93,94). The molecule has 20 rings (SSSR count). The third-order valence-corrected chi connectivity index (χ3v) is 21.6. The Morgan fingerprint density at radius 2 is 0.830 bits per heavy atom. The van der Waals surface area contributed by atoms with Gasteiger partial charge in [0.1, 0.15) is 13.2 Å². The molecule has 2 N–H and O–H groups in total. The van der Waals surface area contributed by atoms with Gasteiger partial charge in [-0.1, -0.05) is 109 Å². The molecule has 19 nitrogen and oxygen atoms in total. The number of aromatic nitrogens is 7. The lowest BCUT2D eigenvalue weighted by Crippen LogP contribution is -2.47. The van der Waals surface area contributed by atoms with Gasteiger partial charge >= 0.3 is 23.9 Å². The van der Waals surface area contributed by atoms with Gasteiger partial charge in [0, 0.05) is 63.6 Å². The number of methoxy groups -OCH3 is 2. The Labute approximate surface area is 571 Å². The molecule has 0 radical (unpaired) electrons. The second kappa shape index (κ2) is 23.2. The maximum atomic E-state index is 14.6. The zero-order valence-electron chi connectivity index (χ0n) is 54.7. The first-order valence-corrected chi connectivity index (χ1v) is 32.8. The molecule has 0 saturated carbocycles. The van der Waals surface area contributed by atoms with E-state index in [1.165, 1.54) is 14.2 Å². The zero-order valence-corrected chi connectivity index (χ0v) is 54.7. The topological polar surface area (TPSA) is 254 Å². The Bertz CT molecular complexity index is 5640. The Hall–Kier alpha value is -12.4. The summed E-state index contributed by atoms with van der Waals surface area (Å²) in [7, 11) is 2.65. The van der Waals surface area contributed by atoms with E-state index < -0.39 is 83.1 Å². The minimum absolute atomic E-state index is 0.0902. The molecule has 6 bridgehead atoms. The number of carbonyl (C=O) groups excluding carboxylic acids is 4. The second-order valence-corrected chi connectivity index (χ2v) is 26.6. The molecule has 11 aromatic rings. The van der Waals surface area contributed by atoms with Crippen LogP contribution < -0.4 is 0 Å². The summed E-state index contributed by atoms with van der Waals surface area (Å²) in [6.45, 7) is 8.22. The van der Waals surface area contributed by atoms with E-state index in [0.29, 0.717) is 51.2 Å². The van der Waals surface area contributed by atoms with Crippen LogP contribution in [0.1, 0.15) is 148 Å². The summed E-state index contributed by atoms with van der Waals surface area (Å²) in [5, 5.41) is 35.4. The van der Waals surface area contributed by atoms with E-state index in [1.807, 2.05) is 131 Å². The van der Waals surface area contributed by atoms with Gasteiger partial charge in [-0.05, 0) is 192 Å². The van der Waals surface area contributed by atoms with Crippen LogP contribution in [0.2, 0.25) is 0 Å². The second-order valence-electron chi connectivity index (χ2n) is 26.6. The van der Waals surface area contributed by atoms with Gasteiger partial charge in [0.25, 0.3) is 24.8 Å². The lowest BCUT2D eigenvalue weighted by molar-refractivity contribution is -0.160. The molecule has 0 amide bonds. The Kier molecular flexibility index (Phi) is 14.2. The summed E-state index contributed by atoms with van der Waals surface area (Å²) in [4.78, 5) is 95.1. The van der Waals surface area contributed by atoms with Crippen LogP contribution in [0, 0.1) is 75.0 Å². The molecular formula is C81H59N7O12. The summed E-state index contributed by atoms with van der Waals surface area (Å²) in [5.74, 6) is 3.09. The smallest absolute Gasteiger partial charge is 0.310 e. The molecule has 490 valence electrons. The number of rotatable bonds is 12. The van der Waals surface area contributed by atoms with Gasteiger partial charge in [-0.15, -0.1) is 0 Å². The monoisotopic (exact) mass is 1320 g/mol. The number of hydrogen-bond donors (Lipinski definition) is 2. The van der Waals surface area contributed by atoms with Crippen LogP contribution in [0.15, 0.2) is 151 Å². The Balaban J connectivity index is 0.986. The Morgan fingerprint density at radius 3 is 1.23 bits per heavy atom. The number of carboxylic acids is 2. The molecule has 8 aromatic carbocycles. The SMILES string of the molecule is COC(=O)C1C2c3ccccc3C(c3cc4c(C#Cc5cccc6cc7c(cc56)C5c6ccccc6C7C(C(=O)O)C5C(=O)O)c5cc6c(cc5c(C#Cc5nc(-n7nc(C)cc7C)nc(-n7nc(C)cc7C)n5)c4cc32)C2C(COC=O)=C(COC=O)C6c3ccccc32)C1C(=O)OC. The molecule has 10 atom stereocenters. The van der Waals surface area contributed by atoms with Gasteiger partial charge in [-0.25, -0.2) is 9.36 Å². The highest BCUT2D eigenvalue weighted by Gasteiger charge is 2.58. The molecule has 100 heavy (non-hydrogen) atoms. The third kappa shape index (κ3) is 9.03. The van der Waals surface area contributed by atoms with E-state index in [1.54, 1.807) is 9.36 Å². The predicted molar refractivity (Wildman–Crippen MR) is 365 cm³/mol.